The maximum absolute atomic E-state index is 10.4. The third-order valence-electron chi connectivity index (χ3n) is 2.07. The van der Waals surface area contributed by atoms with Crippen molar-refractivity contribution in [1.29, 1.82) is 0 Å². The number of carboxylic acid groups (broad SMARTS) is 1. The van der Waals surface area contributed by atoms with Crippen molar-refractivity contribution in [2.45, 2.75) is 45.6 Å². The molecule has 0 aromatic carbocycles. The van der Waals surface area contributed by atoms with Gasteiger partial charge in [-0.25, -0.2) is 0 Å². The van der Waals surface area contributed by atoms with Gasteiger partial charge in [-0.3, -0.25) is 4.79 Å². The van der Waals surface area contributed by atoms with Crippen LogP contribution in [-0.4, -0.2) is 22.3 Å². The molecule has 0 aliphatic carbocycles. The fourth-order valence-corrected chi connectivity index (χ4v) is 1.02. The molecule has 0 unspecified atom stereocenters. The number of aliphatic carboxylic acids is 1. The second-order valence-corrected chi connectivity index (χ2v) is 3.19. The van der Waals surface area contributed by atoms with Gasteiger partial charge in [-0.2, -0.15) is 0 Å². The maximum atomic E-state index is 10.4. The van der Waals surface area contributed by atoms with Crippen LogP contribution < -0.4 is 0 Å². The van der Waals surface area contributed by atoms with E-state index in [2.05, 4.69) is 6.92 Å². The van der Waals surface area contributed by atoms with Gasteiger partial charge in [-0.05, 0) is 13.3 Å². The summed E-state index contributed by atoms with van der Waals surface area (Å²) in [6, 6.07) is 0. The first-order chi connectivity index (χ1) is 5.59. The molecule has 0 radical (unpaired) electrons. The van der Waals surface area contributed by atoms with E-state index in [9.17, 15) is 9.90 Å². The van der Waals surface area contributed by atoms with Gasteiger partial charge in [0.25, 0.3) is 0 Å². The second-order valence-electron chi connectivity index (χ2n) is 3.19. The summed E-state index contributed by atoms with van der Waals surface area (Å²) in [5, 5.41) is 17.9. The molecule has 0 aliphatic rings. The van der Waals surface area contributed by atoms with Crippen LogP contribution in [0, 0.1) is 5.92 Å². The largest absolute Gasteiger partial charge is 0.481 e. The third-order valence-corrected chi connectivity index (χ3v) is 2.07. The van der Waals surface area contributed by atoms with Crippen LogP contribution in [0.5, 0.6) is 0 Å². The molecule has 0 fully saturated rings. The number of aliphatic hydroxyl groups excluding tert-OH is 1. The number of hydrogen-bond acceptors (Lipinski definition) is 2. The normalized spacial score (nSPS) is 15.6. The molecule has 0 rings (SSSR count). The molecule has 0 saturated carbocycles. The van der Waals surface area contributed by atoms with Crippen LogP contribution in [0.3, 0.4) is 0 Å². The molecule has 2 atom stereocenters. The van der Waals surface area contributed by atoms with Gasteiger partial charge in [-0.15, -0.1) is 0 Å². The van der Waals surface area contributed by atoms with Gasteiger partial charge in [0.2, 0.25) is 0 Å². The van der Waals surface area contributed by atoms with Crippen LogP contribution in [0.4, 0.5) is 0 Å². The highest BCUT2D eigenvalue weighted by Gasteiger charge is 2.20. The van der Waals surface area contributed by atoms with Crippen molar-refractivity contribution in [3.05, 3.63) is 0 Å². The highest BCUT2D eigenvalue weighted by Crippen LogP contribution is 2.11. The Morgan fingerprint density at radius 1 is 1.42 bits per heavy atom. The SMILES string of the molecule is CCCCC[C@@H](O)[C@@H](C)C(=O)O. The van der Waals surface area contributed by atoms with Crippen molar-refractivity contribution in [3.63, 3.8) is 0 Å². The Hall–Kier alpha value is -0.570. The monoisotopic (exact) mass is 174 g/mol. The molecule has 0 spiro atoms. The number of unbranched alkanes of at least 4 members (excludes halogenated alkanes) is 2. The van der Waals surface area contributed by atoms with E-state index in [-0.39, 0.29) is 0 Å². The molecule has 72 valence electrons. The molecule has 0 amide bonds. The molecular weight excluding hydrogens is 156 g/mol. The quantitative estimate of drug-likeness (QED) is 0.602. The average Bonchev–Trinajstić information content (AvgIpc) is 2.03. The van der Waals surface area contributed by atoms with Gasteiger partial charge >= 0.3 is 5.97 Å². The molecule has 0 aromatic rings. The summed E-state index contributed by atoms with van der Waals surface area (Å²) in [5.41, 5.74) is 0. The molecule has 3 heteroatoms. The van der Waals surface area contributed by atoms with E-state index < -0.39 is 18.0 Å². The molecule has 0 heterocycles. The minimum absolute atomic E-state index is 0.599. The summed E-state index contributed by atoms with van der Waals surface area (Å²) in [6.45, 7) is 3.62. The number of carbonyl (C=O) groups is 1. The van der Waals surface area contributed by atoms with Crippen molar-refractivity contribution in [3.8, 4) is 0 Å². The lowest BCUT2D eigenvalue weighted by Crippen LogP contribution is -2.25. The fourth-order valence-electron chi connectivity index (χ4n) is 1.02. The van der Waals surface area contributed by atoms with Crippen LogP contribution in [0.15, 0.2) is 0 Å². The highest BCUT2D eigenvalue weighted by molar-refractivity contribution is 5.70. The Bertz CT molecular complexity index is 134. The first-order valence-corrected chi connectivity index (χ1v) is 4.50. The second kappa shape index (κ2) is 6.00. The van der Waals surface area contributed by atoms with Crippen LogP contribution in [-0.2, 0) is 4.79 Å². The number of rotatable bonds is 6. The third kappa shape index (κ3) is 4.34. The molecule has 3 nitrogen and oxygen atoms in total. The number of carboxylic acids is 1. The van der Waals surface area contributed by atoms with Crippen LogP contribution in [0.25, 0.3) is 0 Å². The van der Waals surface area contributed by atoms with Crippen molar-refractivity contribution < 1.29 is 15.0 Å². The summed E-state index contributed by atoms with van der Waals surface area (Å²) in [7, 11) is 0. The predicted molar refractivity (Wildman–Crippen MR) is 46.9 cm³/mol. The average molecular weight is 174 g/mol. The minimum Gasteiger partial charge on any atom is -0.481 e. The maximum Gasteiger partial charge on any atom is 0.308 e. The van der Waals surface area contributed by atoms with Crippen LogP contribution in [0.2, 0.25) is 0 Å². The topological polar surface area (TPSA) is 57.5 Å². The zero-order chi connectivity index (χ0) is 9.56. The van der Waals surface area contributed by atoms with Crippen molar-refractivity contribution in [2.75, 3.05) is 0 Å². The first kappa shape index (κ1) is 11.4. The standard InChI is InChI=1S/C9H18O3/c1-3-4-5-6-8(10)7(2)9(11)12/h7-8,10H,3-6H2,1-2H3,(H,11,12)/t7-,8-/m1/s1. The zero-order valence-corrected chi connectivity index (χ0v) is 7.79. The van der Waals surface area contributed by atoms with Crippen molar-refractivity contribution >= 4 is 5.97 Å². The molecule has 12 heavy (non-hydrogen) atoms. The summed E-state index contributed by atoms with van der Waals surface area (Å²) < 4.78 is 0. The van der Waals surface area contributed by atoms with E-state index in [4.69, 9.17) is 5.11 Å². The van der Waals surface area contributed by atoms with Gasteiger partial charge in [-0.1, -0.05) is 26.2 Å². The van der Waals surface area contributed by atoms with Gasteiger partial charge in [0, 0.05) is 0 Å². The van der Waals surface area contributed by atoms with E-state index in [1.54, 1.807) is 6.92 Å². The van der Waals surface area contributed by atoms with Gasteiger partial charge < -0.3 is 10.2 Å². The fraction of sp³-hybridized carbons (Fsp3) is 0.889. The Morgan fingerprint density at radius 2 is 2.00 bits per heavy atom. The number of hydrogen-bond donors (Lipinski definition) is 2. The molecule has 0 bridgehead atoms. The molecule has 2 N–H and O–H groups in total. The molecule has 0 saturated heterocycles. The smallest absolute Gasteiger partial charge is 0.308 e. The van der Waals surface area contributed by atoms with Gasteiger partial charge in [0.15, 0.2) is 0 Å². The lowest BCUT2D eigenvalue weighted by molar-refractivity contribution is -0.144. The lowest BCUT2D eigenvalue weighted by Gasteiger charge is -2.13. The highest BCUT2D eigenvalue weighted by atomic mass is 16.4. The summed E-state index contributed by atoms with van der Waals surface area (Å²) in [4.78, 5) is 10.4. The minimum atomic E-state index is -0.918. The molecule has 0 aromatic heterocycles. The van der Waals surface area contributed by atoms with Gasteiger partial charge in [0.05, 0.1) is 12.0 Å². The van der Waals surface area contributed by atoms with E-state index in [1.165, 1.54) is 0 Å². The Labute approximate surface area is 73.4 Å². The Kier molecular flexibility index (Phi) is 5.72. The Morgan fingerprint density at radius 3 is 2.42 bits per heavy atom. The van der Waals surface area contributed by atoms with Crippen LogP contribution >= 0.6 is 0 Å². The predicted octanol–water partition coefficient (Wildman–Crippen LogP) is 1.65. The Balaban J connectivity index is 3.56. The summed E-state index contributed by atoms with van der Waals surface area (Å²) in [5.74, 6) is -1.55. The lowest BCUT2D eigenvalue weighted by atomic mass is 9.99. The number of aliphatic hydroxyl groups is 1. The van der Waals surface area contributed by atoms with Gasteiger partial charge in [0.1, 0.15) is 0 Å². The molecule has 0 aliphatic heterocycles. The zero-order valence-electron chi connectivity index (χ0n) is 7.79. The van der Waals surface area contributed by atoms with E-state index >= 15 is 0 Å². The van der Waals surface area contributed by atoms with Crippen molar-refractivity contribution in [2.24, 2.45) is 5.92 Å². The van der Waals surface area contributed by atoms with E-state index in [0.29, 0.717) is 6.42 Å². The summed E-state index contributed by atoms with van der Waals surface area (Å²) >= 11 is 0. The van der Waals surface area contributed by atoms with E-state index in [1.807, 2.05) is 0 Å². The van der Waals surface area contributed by atoms with Crippen molar-refractivity contribution in [1.82, 2.24) is 0 Å². The van der Waals surface area contributed by atoms with Crippen LogP contribution in [0.1, 0.15) is 39.5 Å². The summed E-state index contributed by atoms with van der Waals surface area (Å²) in [6.07, 6.45) is 2.97. The first-order valence-electron chi connectivity index (χ1n) is 4.50. The molecular formula is C9H18O3. The van der Waals surface area contributed by atoms with E-state index in [0.717, 1.165) is 19.3 Å².